The van der Waals surface area contributed by atoms with Crippen LogP contribution in [0.4, 0.5) is 0 Å². The normalized spacial score (nSPS) is 11.0. The summed E-state index contributed by atoms with van der Waals surface area (Å²) in [5.41, 5.74) is 15.1. The molecule has 0 aliphatic rings. The summed E-state index contributed by atoms with van der Waals surface area (Å²) in [6.07, 6.45) is 0. The maximum absolute atomic E-state index is 5.81. The fourth-order valence-corrected chi connectivity index (χ4v) is 7.25. The van der Waals surface area contributed by atoms with Crippen molar-refractivity contribution < 1.29 is 26.8 Å². The topological polar surface area (TPSA) is 26.3 Å². The van der Waals surface area contributed by atoms with Gasteiger partial charge in [-0.15, -0.1) is 57.9 Å². The van der Waals surface area contributed by atoms with E-state index in [2.05, 4.69) is 140 Å². The zero-order valence-electron chi connectivity index (χ0n) is 33.0. The summed E-state index contributed by atoms with van der Waals surface area (Å²) in [7, 11) is 11.2. The zero-order valence-corrected chi connectivity index (χ0v) is 37.9. The molecule has 0 saturated heterocycles. The molecule has 0 aliphatic carbocycles. The number of hydrogen-bond acceptors (Lipinski definition) is 2. The molecule has 0 fully saturated rings. The number of aryl methyl sites for hydroxylation is 8. The molecule has 2 nitrogen and oxygen atoms in total. The van der Waals surface area contributed by atoms with Gasteiger partial charge in [-0.2, -0.15) is 0 Å². The molecule has 0 saturated carbocycles. The Bertz CT molecular complexity index is 2410. The van der Waals surface area contributed by atoms with Crippen LogP contribution in [-0.2, 0) is 18.0 Å². The first-order valence-corrected chi connectivity index (χ1v) is 30.9. The molecule has 0 unspecified atom stereocenters. The van der Waals surface area contributed by atoms with E-state index in [1.54, 1.807) is 0 Å². The van der Waals surface area contributed by atoms with Gasteiger partial charge in [0.15, 0.2) is 0 Å². The van der Waals surface area contributed by atoms with Gasteiger partial charge in [-0.05, 0) is 102 Å². The Morgan fingerprint density at radius 2 is 0.833 bits per heavy atom. The second-order valence-corrected chi connectivity index (χ2v) is 37.8. The molecular formula is C48H48Cl2O2SiZr-2. The van der Waals surface area contributed by atoms with Crippen LogP contribution in [0.1, 0.15) is 44.9 Å². The molecular weight excluding hydrogens is 799 g/mol. The standard InChI is InChI=1S/2C23H21O.C2H6Si.2ClH.Zr/c2*1-14-9-15(2)11-20(10-14)23-16(3)5-7-18-12-19(13-21(18)23)22-8-6-17(4)24-22;1-3-2;;;/h2*5-13H,1-4H3;1-2H3;2*1H;/q2*-1;;;;+2/p-2. The largest absolute Gasteiger partial charge is 0.496 e. The van der Waals surface area contributed by atoms with Crippen molar-refractivity contribution >= 4 is 44.0 Å². The van der Waals surface area contributed by atoms with Gasteiger partial charge < -0.3 is 8.83 Å². The van der Waals surface area contributed by atoms with Crippen LogP contribution in [-0.4, -0.2) is 5.43 Å². The fourth-order valence-electron chi connectivity index (χ4n) is 7.25. The number of hydrogen-bond donors (Lipinski definition) is 0. The Morgan fingerprint density at radius 3 is 1.13 bits per heavy atom. The molecule has 0 atom stereocenters. The Labute approximate surface area is 335 Å². The van der Waals surface area contributed by atoms with Crippen molar-refractivity contribution in [2.75, 3.05) is 0 Å². The summed E-state index contributed by atoms with van der Waals surface area (Å²) >= 11 is -1.65. The number of fused-ring (bicyclic) bond motifs is 2. The van der Waals surface area contributed by atoms with Crippen molar-refractivity contribution in [2.24, 2.45) is 0 Å². The molecule has 0 radical (unpaired) electrons. The van der Waals surface area contributed by atoms with Gasteiger partial charge in [0, 0.05) is 0 Å². The number of furan rings is 2. The Balaban J connectivity index is 0.000000160. The molecule has 0 amide bonds. The molecule has 6 aromatic carbocycles. The molecule has 2 aromatic heterocycles. The van der Waals surface area contributed by atoms with Gasteiger partial charge in [0.05, 0.1) is 23.0 Å². The van der Waals surface area contributed by atoms with Crippen molar-refractivity contribution in [1.82, 2.24) is 0 Å². The van der Waals surface area contributed by atoms with Crippen LogP contribution in [0.25, 0.3) is 66.4 Å². The van der Waals surface area contributed by atoms with Crippen molar-refractivity contribution in [2.45, 2.75) is 68.5 Å². The summed E-state index contributed by atoms with van der Waals surface area (Å²) in [6, 6.07) is 39.5. The van der Waals surface area contributed by atoms with E-state index >= 15 is 0 Å². The Hall–Kier alpha value is -3.66. The predicted molar refractivity (Wildman–Crippen MR) is 232 cm³/mol. The van der Waals surface area contributed by atoms with Crippen LogP contribution in [0.2, 0.25) is 13.1 Å². The van der Waals surface area contributed by atoms with Crippen LogP contribution in [0.3, 0.4) is 0 Å². The van der Waals surface area contributed by atoms with Gasteiger partial charge in [0.1, 0.15) is 0 Å². The second kappa shape index (κ2) is 17.0. The van der Waals surface area contributed by atoms with E-state index in [0.29, 0.717) is 0 Å². The van der Waals surface area contributed by atoms with Gasteiger partial charge in [-0.25, -0.2) is 0 Å². The smallest absolute Gasteiger partial charge is 0.0896 e. The van der Waals surface area contributed by atoms with E-state index in [1.807, 2.05) is 38.1 Å². The van der Waals surface area contributed by atoms with Gasteiger partial charge >= 0.3 is 53.5 Å². The number of halogens is 2. The maximum Gasteiger partial charge on any atom is 0.0896 e. The van der Waals surface area contributed by atoms with Crippen molar-refractivity contribution in [1.29, 1.82) is 0 Å². The zero-order chi connectivity index (χ0) is 38.8. The Morgan fingerprint density at radius 1 is 0.481 bits per heavy atom. The molecule has 0 spiro atoms. The van der Waals surface area contributed by atoms with Gasteiger partial charge in [0.25, 0.3) is 0 Å². The van der Waals surface area contributed by atoms with Crippen LogP contribution in [0.15, 0.2) is 118 Å². The third kappa shape index (κ3) is 9.23. The molecule has 0 aliphatic heterocycles. The van der Waals surface area contributed by atoms with Gasteiger partial charge in [-0.1, -0.05) is 93.0 Å². The van der Waals surface area contributed by atoms with Gasteiger partial charge in [0.2, 0.25) is 0 Å². The van der Waals surface area contributed by atoms with Crippen LogP contribution in [0, 0.1) is 55.4 Å². The van der Waals surface area contributed by atoms with E-state index in [-0.39, 0.29) is 5.43 Å². The first-order valence-electron chi connectivity index (χ1n) is 18.4. The second-order valence-electron chi connectivity index (χ2n) is 14.8. The fraction of sp³-hybridized carbons (Fsp3) is 0.208. The van der Waals surface area contributed by atoms with Crippen molar-refractivity contribution in [3.63, 3.8) is 0 Å². The van der Waals surface area contributed by atoms with E-state index in [1.165, 1.54) is 77.2 Å². The predicted octanol–water partition coefficient (Wildman–Crippen LogP) is 15.6. The monoisotopic (exact) mass is 844 g/mol. The maximum atomic E-state index is 5.81. The number of benzene rings is 4. The van der Waals surface area contributed by atoms with E-state index in [0.717, 1.165) is 34.2 Å². The SMILES string of the molecule is C[Si](C)=[Zr]([Cl])[Cl].Cc1cc(C)cc(-c2c(C)ccc3[cH-]c(-c4ccc(C)o4)cc23)c1.Cc1cc(C)cc(-c2c(C)ccc3[cH-]c(-c4ccc(C)o4)cc23)c1. The first kappa shape index (κ1) is 40.0. The molecule has 2 heterocycles. The molecule has 276 valence electrons. The average Bonchev–Trinajstić information content (AvgIpc) is 3.90. The van der Waals surface area contributed by atoms with Crippen LogP contribution in [0.5, 0.6) is 0 Å². The minimum Gasteiger partial charge on any atom is -0.496 e. The molecule has 8 aromatic rings. The molecule has 0 N–H and O–H groups in total. The van der Waals surface area contributed by atoms with E-state index < -0.39 is 18.0 Å². The summed E-state index contributed by atoms with van der Waals surface area (Å²) in [5.74, 6) is 3.77. The third-order valence-corrected chi connectivity index (χ3v) is 29.4. The first-order chi connectivity index (χ1) is 25.7. The van der Waals surface area contributed by atoms with Crippen molar-refractivity contribution in [3.8, 4) is 44.9 Å². The molecule has 54 heavy (non-hydrogen) atoms. The molecule has 6 heteroatoms. The third-order valence-electron chi connectivity index (χ3n) is 9.65. The summed E-state index contributed by atoms with van der Waals surface area (Å²) in [4.78, 5) is 0. The summed E-state index contributed by atoms with van der Waals surface area (Å²) in [5, 5.41) is 5.12. The van der Waals surface area contributed by atoms with Crippen LogP contribution < -0.4 is 0 Å². The summed E-state index contributed by atoms with van der Waals surface area (Å²) < 4.78 is 11.6. The number of rotatable bonds is 4. The van der Waals surface area contributed by atoms with Crippen molar-refractivity contribution in [3.05, 3.63) is 154 Å². The minimum atomic E-state index is -1.65. The molecule has 0 bridgehead atoms. The van der Waals surface area contributed by atoms with E-state index in [9.17, 15) is 0 Å². The quantitative estimate of drug-likeness (QED) is 0.130. The van der Waals surface area contributed by atoms with Crippen LogP contribution >= 0.6 is 17.0 Å². The molecule has 8 rings (SSSR count). The average molecular weight is 847 g/mol. The Kier molecular flexibility index (Phi) is 12.6. The van der Waals surface area contributed by atoms with Gasteiger partial charge in [-0.3, -0.25) is 0 Å². The summed E-state index contributed by atoms with van der Waals surface area (Å²) in [6.45, 7) is 21.3. The minimum absolute atomic E-state index is 0.224. The van der Waals surface area contributed by atoms with E-state index in [4.69, 9.17) is 25.9 Å².